The second-order valence-electron chi connectivity index (χ2n) is 9.14. The van der Waals surface area contributed by atoms with Crippen molar-refractivity contribution in [1.29, 1.82) is 0 Å². The highest BCUT2D eigenvalue weighted by Gasteiger charge is 2.46. The van der Waals surface area contributed by atoms with Gasteiger partial charge in [0, 0.05) is 47.3 Å². The van der Waals surface area contributed by atoms with Gasteiger partial charge in [-0.25, -0.2) is 10.4 Å². The molecule has 0 spiro atoms. The minimum atomic E-state index is -0.618. The van der Waals surface area contributed by atoms with Gasteiger partial charge in [-0.2, -0.15) is 0 Å². The molecule has 3 aromatic rings. The van der Waals surface area contributed by atoms with Crippen LogP contribution in [0.4, 0.5) is 5.69 Å². The quantitative estimate of drug-likeness (QED) is 0.176. The Balaban J connectivity index is 1.42. The number of hydrogen-bond donors (Lipinski definition) is 3. The molecule has 0 saturated heterocycles. The number of carbonyl (C=O) groups excluding carboxylic acids is 4. The molecule has 1 aromatic heterocycles. The molecule has 188 valence electrons. The summed E-state index contributed by atoms with van der Waals surface area (Å²) in [6.45, 7) is 0. The zero-order valence-electron chi connectivity index (χ0n) is 20.1. The summed E-state index contributed by atoms with van der Waals surface area (Å²) in [5, 5.41) is 9.35. The van der Waals surface area contributed by atoms with Crippen molar-refractivity contribution in [1.82, 2.24) is 15.4 Å². The van der Waals surface area contributed by atoms with Crippen LogP contribution in [0.25, 0.3) is 16.5 Å². The van der Waals surface area contributed by atoms with E-state index in [2.05, 4.69) is 9.98 Å². The van der Waals surface area contributed by atoms with Gasteiger partial charge in [-0.3, -0.25) is 29.4 Å². The van der Waals surface area contributed by atoms with Crippen molar-refractivity contribution >= 4 is 52.0 Å². The third kappa shape index (κ3) is 4.49. The van der Waals surface area contributed by atoms with E-state index in [9.17, 15) is 19.2 Å². The summed E-state index contributed by atoms with van der Waals surface area (Å²) in [5.41, 5.74) is 5.03. The van der Waals surface area contributed by atoms with Gasteiger partial charge in [0.15, 0.2) is 0 Å². The molecule has 5 rings (SSSR count). The van der Waals surface area contributed by atoms with Gasteiger partial charge in [-0.1, -0.05) is 49.2 Å². The summed E-state index contributed by atoms with van der Waals surface area (Å²) in [5.74, 6) is -2.76. The minimum absolute atomic E-state index is 0.0352. The van der Waals surface area contributed by atoms with Crippen LogP contribution in [0.1, 0.15) is 55.6 Å². The van der Waals surface area contributed by atoms with Gasteiger partial charge in [0.1, 0.15) is 0 Å². The number of nitrogens with one attached hydrogen (secondary N) is 2. The van der Waals surface area contributed by atoms with E-state index in [1.165, 1.54) is 0 Å². The number of para-hydroxylation sites is 2. The van der Waals surface area contributed by atoms with Crippen LogP contribution in [-0.2, 0) is 19.2 Å². The van der Waals surface area contributed by atoms with E-state index >= 15 is 0 Å². The average Bonchev–Trinajstić information content (AvgIpc) is 3.59. The summed E-state index contributed by atoms with van der Waals surface area (Å²) in [6.07, 6.45) is 5.98. The Morgan fingerprint density at radius 3 is 2.49 bits per heavy atom. The second kappa shape index (κ2) is 10.3. The molecule has 2 aromatic carbocycles. The van der Waals surface area contributed by atoms with Crippen LogP contribution in [0.15, 0.2) is 65.3 Å². The van der Waals surface area contributed by atoms with E-state index in [-0.39, 0.29) is 24.0 Å². The molecule has 1 atom stereocenters. The number of nitrogens with zero attached hydrogens (tertiary/aromatic N) is 2. The van der Waals surface area contributed by atoms with E-state index in [1.807, 2.05) is 48.5 Å². The van der Waals surface area contributed by atoms with Crippen LogP contribution >= 0.6 is 0 Å². The summed E-state index contributed by atoms with van der Waals surface area (Å²) in [7, 11) is 0. The minimum Gasteiger partial charge on any atom is -0.361 e. The monoisotopic (exact) mass is 498 g/mol. The molecule has 0 radical (unpaired) electrons. The molecule has 0 bridgehead atoms. The van der Waals surface area contributed by atoms with E-state index in [0.29, 0.717) is 31.2 Å². The van der Waals surface area contributed by atoms with Crippen LogP contribution in [0.5, 0.6) is 0 Å². The highest BCUT2D eigenvalue weighted by atomic mass is 16.5. The van der Waals surface area contributed by atoms with Gasteiger partial charge in [-0.15, -0.1) is 0 Å². The Labute approximate surface area is 212 Å². The predicted octanol–water partition coefficient (Wildman–Crippen LogP) is 4.16. The maximum Gasteiger partial charge on any atom is 0.268 e. The first-order valence-electron chi connectivity index (χ1n) is 12.3. The second-order valence-corrected chi connectivity index (χ2v) is 9.14. The fourth-order valence-electron chi connectivity index (χ4n) is 5.02. The summed E-state index contributed by atoms with van der Waals surface area (Å²) < 4.78 is 0. The number of rotatable bonds is 9. The number of aromatic amines is 1. The fourth-order valence-corrected chi connectivity index (χ4v) is 5.02. The van der Waals surface area contributed by atoms with Crippen molar-refractivity contribution in [2.24, 2.45) is 4.99 Å². The number of unbranched alkanes of at least 4 members (excludes halogenated alkanes) is 3. The maximum absolute atomic E-state index is 13.7. The molecule has 0 aliphatic carbocycles. The van der Waals surface area contributed by atoms with Crippen molar-refractivity contribution in [2.45, 2.75) is 44.4 Å². The van der Waals surface area contributed by atoms with Gasteiger partial charge < -0.3 is 4.98 Å². The molecule has 9 heteroatoms. The van der Waals surface area contributed by atoms with Gasteiger partial charge in [0.05, 0.1) is 17.2 Å². The van der Waals surface area contributed by atoms with E-state index in [0.717, 1.165) is 27.1 Å². The number of benzene rings is 2. The maximum atomic E-state index is 13.7. The Morgan fingerprint density at radius 2 is 1.68 bits per heavy atom. The van der Waals surface area contributed by atoms with Crippen LogP contribution in [0.2, 0.25) is 0 Å². The summed E-state index contributed by atoms with van der Waals surface area (Å²) >= 11 is 0. The molecule has 2 aliphatic rings. The van der Waals surface area contributed by atoms with Crippen LogP contribution < -0.4 is 5.48 Å². The molecule has 0 saturated carbocycles. The number of aliphatic imine (C=N–C) groups is 1. The van der Waals surface area contributed by atoms with Crippen LogP contribution in [0.3, 0.4) is 0 Å². The number of carbonyl (C=O) groups is 4. The fraction of sp³-hybridized carbons (Fsp3) is 0.250. The van der Waals surface area contributed by atoms with Crippen molar-refractivity contribution in [2.75, 3.05) is 0 Å². The van der Waals surface area contributed by atoms with Gasteiger partial charge >= 0.3 is 0 Å². The third-order valence-corrected chi connectivity index (χ3v) is 6.84. The van der Waals surface area contributed by atoms with Crippen LogP contribution in [0, 0.1) is 0 Å². The smallest absolute Gasteiger partial charge is 0.268 e. The standard InChI is InChI=1S/C28H26N4O5/c33-23(31-37)13-3-1-2-4-14-24(34)32-27(35)25(19-15-29-21-11-7-5-9-17(19)21)26(28(32)36)20-16-30-22-12-8-6-10-18(20)22/h5-12,15-16,19,30,37H,1-4,13-14H2,(H,31,33). The largest absolute Gasteiger partial charge is 0.361 e. The van der Waals surface area contributed by atoms with Crippen molar-refractivity contribution in [3.05, 3.63) is 71.4 Å². The van der Waals surface area contributed by atoms with Gasteiger partial charge in [-0.05, 0) is 30.5 Å². The highest BCUT2D eigenvalue weighted by molar-refractivity contribution is 6.42. The number of hydrogen-bond acceptors (Lipinski definition) is 6. The summed E-state index contributed by atoms with van der Waals surface area (Å²) in [4.78, 5) is 60.1. The first-order valence-corrected chi connectivity index (χ1v) is 12.3. The molecule has 4 amide bonds. The SMILES string of the molecule is O=C(CCCCCCC(=O)N1C(=O)C(c2c[nH]c3ccccc23)=C(C2C=Nc3ccccc32)C1=O)NO. The number of amides is 4. The van der Waals surface area contributed by atoms with Crippen molar-refractivity contribution in [3.8, 4) is 0 Å². The number of imide groups is 3. The lowest BCUT2D eigenvalue weighted by Gasteiger charge is -2.15. The van der Waals surface area contributed by atoms with Gasteiger partial charge in [0.2, 0.25) is 11.8 Å². The summed E-state index contributed by atoms with van der Waals surface area (Å²) in [6, 6.07) is 15.0. The number of hydroxylamine groups is 1. The number of aromatic nitrogens is 1. The van der Waals surface area contributed by atoms with Crippen molar-refractivity contribution < 1.29 is 24.4 Å². The molecule has 1 unspecified atom stereocenters. The molecule has 3 heterocycles. The topological polar surface area (TPSA) is 132 Å². The number of H-pyrrole nitrogens is 1. The lowest BCUT2D eigenvalue weighted by molar-refractivity contribution is -0.148. The highest BCUT2D eigenvalue weighted by Crippen LogP contribution is 2.44. The molecular weight excluding hydrogens is 472 g/mol. The molecular formula is C28H26N4O5. The predicted molar refractivity (Wildman–Crippen MR) is 137 cm³/mol. The molecule has 3 N–H and O–H groups in total. The molecule has 0 fully saturated rings. The average molecular weight is 499 g/mol. The Bertz CT molecular complexity index is 1470. The lowest BCUT2D eigenvalue weighted by Crippen LogP contribution is -2.38. The Morgan fingerprint density at radius 1 is 0.946 bits per heavy atom. The Kier molecular flexibility index (Phi) is 6.78. The first-order chi connectivity index (χ1) is 18.0. The van der Waals surface area contributed by atoms with E-state index in [1.54, 1.807) is 17.9 Å². The zero-order chi connectivity index (χ0) is 25.9. The number of fused-ring (bicyclic) bond motifs is 2. The third-order valence-electron chi connectivity index (χ3n) is 6.84. The normalized spacial score (nSPS) is 16.7. The zero-order valence-corrected chi connectivity index (χ0v) is 20.1. The molecule has 9 nitrogen and oxygen atoms in total. The van der Waals surface area contributed by atoms with Crippen molar-refractivity contribution in [3.63, 3.8) is 0 Å². The lowest BCUT2D eigenvalue weighted by atomic mass is 9.88. The van der Waals surface area contributed by atoms with E-state index < -0.39 is 29.5 Å². The van der Waals surface area contributed by atoms with Crippen LogP contribution in [-0.4, -0.2) is 44.9 Å². The molecule has 37 heavy (non-hydrogen) atoms. The van der Waals surface area contributed by atoms with Gasteiger partial charge in [0.25, 0.3) is 11.8 Å². The van der Waals surface area contributed by atoms with E-state index in [4.69, 9.17) is 5.21 Å². The Hall–Kier alpha value is -4.37. The first kappa shape index (κ1) is 24.3. The molecule has 2 aliphatic heterocycles.